The van der Waals surface area contributed by atoms with Crippen molar-refractivity contribution in [3.8, 4) is 0 Å². The van der Waals surface area contributed by atoms with Crippen LogP contribution in [0.5, 0.6) is 0 Å². The number of piperazine rings is 1. The molecule has 0 saturated carbocycles. The first kappa shape index (κ1) is 23.9. The van der Waals surface area contributed by atoms with E-state index in [1.54, 1.807) is 0 Å². The highest BCUT2D eigenvalue weighted by Gasteiger charge is 2.23. The summed E-state index contributed by atoms with van der Waals surface area (Å²) < 4.78 is 0. The Kier molecular flexibility index (Phi) is 9.02. The van der Waals surface area contributed by atoms with Gasteiger partial charge in [0.15, 0.2) is 0 Å². The number of urea groups is 1. The van der Waals surface area contributed by atoms with Crippen LogP contribution < -0.4 is 10.6 Å². The standard InChI is InChI=1S/C24H32Cl2N4O/c1-18(2)23(28-24(31)27-15-19-6-4-3-5-7-19)17-30-12-10-29(11-13-30)16-20-8-9-21(25)22(26)14-20/h3-9,14,18,23H,10-13,15-17H2,1-2H3,(H2,27,28,31). The number of rotatable bonds is 8. The Morgan fingerprint density at radius 1 is 0.935 bits per heavy atom. The van der Waals surface area contributed by atoms with Gasteiger partial charge >= 0.3 is 6.03 Å². The second-order valence-corrected chi connectivity index (χ2v) is 9.30. The van der Waals surface area contributed by atoms with E-state index in [1.807, 2.05) is 48.5 Å². The van der Waals surface area contributed by atoms with Gasteiger partial charge in [-0.2, -0.15) is 0 Å². The largest absolute Gasteiger partial charge is 0.334 e. The van der Waals surface area contributed by atoms with Crippen LogP contribution in [-0.2, 0) is 13.1 Å². The molecule has 0 spiro atoms. The zero-order valence-corrected chi connectivity index (χ0v) is 19.8. The third-order valence-electron chi connectivity index (χ3n) is 5.73. The average molecular weight is 463 g/mol. The Hall–Kier alpha value is -1.79. The lowest BCUT2D eigenvalue weighted by Gasteiger charge is -2.37. The summed E-state index contributed by atoms with van der Waals surface area (Å²) in [7, 11) is 0. The molecule has 0 aromatic heterocycles. The van der Waals surface area contributed by atoms with Crippen LogP contribution in [0.1, 0.15) is 25.0 Å². The van der Waals surface area contributed by atoms with E-state index < -0.39 is 0 Å². The summed E-state index contributed by atoms with van der Waals surface area (Å²) in [5, 5.41) is 7.33. The first-order chi connectivity index (χ1) is 14.9. The first-order valence-corrected chi connectivity index (χ1v) is 11.6. The summed E-state index contributed by atoms with van der Waals surface area (Å²) in [5.74, 6) is 0.358. The molecule has 31 heavy (non-hydrogen) atoms. The van der Waals surface area contributed by atoms with E-state index in [9.17, 15) is 4.79 Å². The van der Waals surface area contributed by atoms with Crippen molar-refractivity contribution in [2.75, 3.05) is 32.7 Å². The molecule has 1 heterocycles. The van der Waals surface area contributed by atoms with Crippen molar-refractivity contribution in [3.63, 3.8) is 0 Å². The molecule has 1 atom stereocenters. The second-order valence-electron chi connectivity index (χ2n) is 8.49. The number of nitrogens with one attached hydrogen (secondary N) is 2. The molecule has 0 bridgehead atoms. The van der Waals surface area contributed by atoms with Crippen LogP contribution in [0, 0.1) is 5.92 Å². The lowest BCUT2D eigenvalue weighted by Crippen LogP contribution is -2.54. The minimum absolute atomic E-state index is 0.109. The van der Waals surface area contributed by atoms with Crippen molar-refractivity contribution in [1.29, 1.82) is 0 Å². The van der Waals surface area contributed by atoms with Gasteiger partial charge in [-0.15, -0.1) is 0 Å². The zero-order valence-electron chi connectivity index (χ0n) is 18.3. The molecule has 2 N–H and O–H groups in total. The minimum atomic E-state index is -0.110. The Labute approximate surface area is 195 Å². The summed E-state index contributed by atoms with van der Waals surface area (Å²) in [4.78, 5) is 17.3. The van der Waals surface area contributed by atoms with Crippen molar-refractivity contribution in [2.45, 2.75) is 33.0 Å². The summed E-state index contributed by atoms with van der Waals surface area (Å²) in [6.45, 7) is 10.5. The molecular weight excluding hydrogens is 431 g/mol. The number of amides is 2. The topological polar surface area (TPSA) is 47.6 Å². The number of nitrogens with zero attached hydrogens (tertiary/aromatic N) is 2. The molecule has 1 saturated heterocycles. The van der Waals surface area contributed by atoms with Crippen LogP contribution in [0.4, 0.5) is 4.79 Å². The molecular formula is C24H32Cl2N4O. The lowest BCUT2D eigenvalue weighted by molar-refractivity contribution is 0.112. The molecule has 2 aromatic carbocycles. The van der Waals surface area contributed by atoms with E-state index in [4.69, 9.17) is 23.2 Å². The van der Waals surface area contributed by atoms with Crippen LogP contribution >= 0.6 is 23.2 Å². The Morgan fingerprint density at radius 3 is 2.26 bits per heavy atom. The second kappa shape index (κ2) is 11.7. The monoisotopic (exact) mass is 462 g/mol. The summed E-state index contributed by atoms with van der Waals surface area (Å²) in [6.07, 6.45) is 0. The van der Waals surface area contributed by atoms with Gasteiger partial charge in [-0.25, -0.2) is 4.79 Å². The van der Waals surface area contributed by atoms with Crippen LogP contribution in [0.15, 0.2) is 48.5 Å². The van der Waals surface area contributed by atoms with Gasteiger partial charge in [-0.3, -0.25) is 9.80 Å². The van der Waals surface area contributed by atoms with Crippen LogP contribution in [0.3, 0.4) is 0 Å². The fourth-order valence-electron chi connectivity index (χ4n) is 3.73. The molecule has 168 valence electrons. The van der Waals surface area contributed by atoms with Gasteiger partial charge in [0.25, 0.3) is 0 Å². The van der Waals surface area contributed by atoms with E-state index >= 15 is 0 Å². The first-order valence-electron chi connectivity index (χ1n) is 10.9. The summed E-state index contributed by atoms with van der Waals surface area (Å²) in [6, 6.07) is 15.8. The van der Waals surface area contributed by atoms with E-state index in [1.165, 1.54) is 5.56 Å². The molecule has 1 unspecified atom stereocenters. The molecule has 1 fully saturated rings. The molecule has 3 rings (SSSR count). The third-order valence-corrected chi connectivity index (χ3v) is 6.47. The van der Waals surface area contributed by atoms with Crippen molar-refractivity contribution >= 4 is 29.2 Å². The molecule has 1 aliphatic heterocycles. The predicted octanol–water partition coefficient (Wildman–Crippen LogP) is 4.64. The Bertz CT molecular complexity index is 839. The van der Waals surface area contributed by atoms with E-state index in [-0.39, 0.29) is 12.1 Å². The van der Waals surface area contributed by atoms with Gasteiger partial charge in [-0.1, -0.05) is 73.4 Å². The van der Waals surface area contributed by atoms with Gasteiger partial charge in [0.1, 0.15) is 0 Å². The lowest BCUT2D eigenvalue weighted by atomic mass is 10.0. The number of hydrogen-bond acceptors (Lipinski definition) is 3. The van der Waals surface area contributed by atoms with Crippen molar-refractivity contribution < 1.29 is 4.79 Å². The maximum absolute atomic E-state index is 12.4. The molecule has 2 amide bonds. The number of carbonyl (C=O) groups excluding carboxylic acids is 1. The molecule has 2 aromatic rings. The highest BCUT2D eigenvalue weighted by molar-refractivity contribution is 6.42. The van der Waals surface area contributed by atoms with Crippen LogP contribution in [0.2, 0.25) is 10.0 Å². The summed E-state index contributed by atoms with van der Waals surface area (Å²) >= 11 is 12.2. The molecule has 0 aliphatic carbocycles. The van der Waals surface area contributed by atoms with E-state index in [0.717, 1.165) is 44.8 Å². The third kappa shape index (κ3) is 7.69. The van der Waals surface area contributed by atoms with Gasteiger partial charge in [0.2, 0.25) is 0 Å². The quantitative estimate of drug-likeness (QED) is 0.600. The predicted molar refractivity (Wildman–Crippen MR) is 129 cm³/mol. The summed E-state index contributed by atoms with van der Waals surface area (Å²) in [5.41, 5.74) is 2.27. The fourth-order valence-corrected chi connectivity index (χ4v) is 4.05. The number of hydrogen-bond donors (Lipinski definition) is 2. The number of benzene rings is 2. The molecule has 7 heteroatoms. The average Bonchev–Trinajstić information content (AvgIpc) is 2.76. The van der Waals surface area contributed by atoms with Gasteiger partial charge in [-0.05, 0) is 29.2 Å². The minimum Gasteiger partial charge on any atom is -0.334 e. The Morgan fingerprint density at radius 2 is 1.61 bits per heavy atom. The van der Waals surface area contributed by atoms with Crippen molar-refractivity contribution in [2.24, 2.45) is 5.92 Å². The highest BCUT2D eigenvalue weighted by Crippen LogP contribution is 2.23. The zero-order chi connectivity index (χ0) is 22.2. The molecule has 1 aliphatic rings. The maximum atomic E-state index is 12.4. The van der Waals surface area contributed by atoms with Crippen molar-refractivity contribution in [1.82, 2.24) is 20.4 Å². The number of carbonyl (C=O) groups is 1. The van der Waals surface area contributed by atoms with E-state index in [0.29, 0.717) is 22.5 Å². The smallest absolute Gasteiger partial charge is 0.315 e. The van der Waals surface area contributed by atoms with Crippen molar-refractivity contribution in [3.05, 3.63) is 69.7 Å². The SMILES string of the molecule is CC(C)C(CN1CCN(Cc2ccc(Cl)c(Cl)c2)CC1)NC(=O)NCc1ccccc1. The van der Waals surface area contributed by atoms with Crippen LogP contribution in [0.25, 0.3) is 0 Å². The highest BCUT2D eigenvalue weighted by atomic mass is 35.5. The fraction of sp³-hybridized carbons (Fsp3) is 0.458. The molecule has 0 radical (unpaired) electrons. The van der Waals surface area contributed by atoms with Gasteiger partial charge in [0.05, 0.1) is 10.0 Å². The maximum Gasteiger partial charge on any atom is 0.315 e. The molecule has 5 nitrogen and oxygen atoms in total. The van der Waals surface area contributed by atoms with E-state index in [2.05, 4.69) is 34.3 Å². The van der Waals surface area contributed by atoms with Gasteiger partial charge in [0, 0.05) is 51.9 Å². The number of halogens is 2. The van der Waals surface area contributed by atoms with Gasteiger partial charge < -0.3 is 10.6 Å². The Balaban J connectivity index is 1.43. The van der Waals surface area contributed by atoms with Crippen LogP contribution in [-0.4, -0.2) is 54.6 Å². The normalized spacial score (nSPS) is 16.3.